The van der Waals surface area contributed by atoms with Crippen molar-refractivity contribution in [2.45, 2.75) is 31.4 Å². The van der Waals surface area contributed by atoms with Gasteiger partial charge in [0.1, 0.15) is 5.82 Å². The molecule has 1 fully saturated rings. The third-order valence-electron chi connectivity index (χ3n) is 3.33. The smallest absolute Gasteiger partial charge is 0.253 e. The molecule has 0 spiro atoms. The topological polar surface area (TPSA) is 64.3 Å². The zero-order valence-corrected chi connectivity index (χ0v) is 10.3. The Morgan fingerprint density at radius 2 is 2.28 bits per heavy atom. The van der Waals surface area contributed by atoms with Gasteiger partial charge in [0.15, 0.2) is 0 Å². The second-order valence-electron chi connectivity index (χ2n) is 4.52. The number of carbonyl (C=O) groups excluding carboxylic acids is 1. The van der Waals surface area contributed by atoms with Crippen LogP contribution in [0.25, 0.3) is 0 Å². The van der Waals surface area contributed by atoms with Crippen molar-refractivity contribution in [2.75, 3.05) is 12.8 Å². The summed E-state index contributed by atoms with van der Waals surface area (Å²) in [6, 6.07) is 3.76. The molecule has 5 heteroatoms. The minimum atomic E-state index is -0.468. The van der Waals surface area contributed by atoms with Gasteiger partial charge in [0.25, 0.3) is 5.91 Å². The van der Waals surface area contributed by atoms with Gasteiger partial charge in [-0.1, -0.05) is 0 Å². The van der Waals surface area contributed by atoms with Gasteiger partial charge < -0.3 is 15.8 Å². The molecule has 1 aliphatic carbocycles. The lowest BCUT2D eigenvalue weighted by atomic mass is 10.1. The van der Waals surface area contributed by atoms with Gasteiger partial charge >= 0.3 is 0 Å². The molecular weight excluding hydrogens is 235 g/mol. The summed E-state index contributed by atoms with van der Waals surface area (Å²) in [7, 11) is 1.63. The normalized spacial score (nSPS) is 23.0. The number of rotatable bonds is 3. The van der Waals surface area contributed by atoms with Crippen LogP contribution >= 0.6 is 0 Å². The van der Waals surface area contributed by atoms with E-state index in [-0.39, 0.29) is 29.3 Å². The fourth-order valence-electron chi connectivity index (χ4n) is 2.34. The highest BCUT2D eigenvalue weighted by atomic mass is 19.1. The first kappa shape index (κ1) is 12.8. The minimum absolute atomic E-state index is 0.0230. The van der Waals surface area contributed by atoms with E-state index in [1.807, 2.05) is 0 Å². The van der Waals surface area contributed by atoms with Crippen LogP contribution in [-0.2, 0) is 4.74 Å². The first-order chi connectivity index (χ1) is 8.61. The predicted molar refractivity (Wildman–Crippen MR) is 66.7 cm³/mol. The maximum Gasteiger partial charge on any atom is 0.253 e. The Bertz CT molecular complexity index is 451. The van der Waals surface area contributed by atoms with Gasteiger partial charge in [-0.25, -0.2) is 4.39 Å². The highest BCUT2D eigenvalue weighted by Gasteiger charge is 2.29. The quantitative estimate of drug-likeness (QED) is 0.805. The number of hydrogen-bond donors (Lipinski definition) is 2. The lowest BCUT2D eigenvalue weighted by Crippen LogP contribution is -2.40. The Morgan fingerprint density at radius 3 is 3.00 bits per heavy atom. The molecule has 0 saturated heterocycles. The SMILES string of the molecule is COC1CCCC1NC(=O)c1cc(F)ccc1N. The van der Waals surface area contributed by atoms with Crippen molar-refractivity contribution in [3.05, 3.63) is 29.6 Å². The fourth-order valence-corrected chi connectivity index (χ4v) is 2.34. The summed E-state index contributed by atoms with van der Waals surface area (Å²) in [5.41, 5.74) is 6.13. The summed E-state index contributed by atoms with van der Waals surface area (Å²) in [6.07, 6.45) is 2.85. The monoisotopic (exact) mass is 252 g/mol. The highest BCUT2D eigenvalue weighted by molar-refractivity contribution is 5.99. The molecule has 0 bridgehead atoms. The number of methoxy groups -OCH3 is 1. The van der Waals surface area contributed by atoms with Crippen LogP contribution in [-0.4, -0.2) is 25.2 Å². The number of benzene rings is 1. The number of amides is 1. The number of nitrogens with two attached hydrogens (primary N) is 1. The van der Waals surface area contributed by atoms with Crippen LogP contribution in [0.4, 0.5) is 10.1 Å². The molecule has 1 aromatic rings. The summed E-state index contributed by atoms with van der Waals surface area (Å²) in [5, 5.41) is 2.85. The predicted octanol–water partition coefficient (Wildman–Crippen LogP) is 1.71. The number of ether oxygens (including phenoxy) is 1. The van der Waals surface area contributed by atoms with E-state index in [0.29, 0.717) is 0 Å². The Morgan fingerprint density at radius 1 is 1.50 bits per heavy atom. The Balaban J connectivity index is 2.09. The highest BCUT2D eigenvalue weighted by Crippen LogP contribution is 2.22. The standard InChI is InChI=1S/C13H17FN2O2/c1-18-12-4-2-3-11(12)16-13(17)9-7-8(14)5-6-10(9)15/h5-7,11-12H,2-4,15H2,1H3,(H,16,17). The van der Waals surface area contributed by atoms with Gasteiger partial charge in [-0.3, -0.25) is 4.79 Å². The van der Waals surface area contributed by atoms with Crippen LogP contribution < -0.4 is 11.1 Å². The Kier molecular flexibility index (Phi) is 3.81. The zero-order valence-electron chi connectivity index (χ0n) is 10.3. The second-order valence-corrected chi connectivity index (χ2v) is 4.52. The molecular formula is C13H17FN2O2. The molecule has 98 valence electrons. The van der Waals surface area contributed by atoms with Crippen molar-refractivity contribution in [3.8, 4) is 0 Å². The lowest BCUT2D eigenvalue weighted by molar-refractivity contribution is 0.0722. The van der Waals surface area contributed by atoms with Crippen LogP contribution in [0.5, 0.6) is 0 Å². The molecule has 4 nitrogen and oxygen atoms in total. The third kappa shape index (κ3) is 2.61. The van der Waals surface area contributed by atoms with Crippen LogP contribution in [0.15, 0.2) is 18.2 Å². The Labute approximate surface area is 105 Å². The first-order valence-electron chi connectivity index (χ1n) is 6.00. The van der Waals surface area contributed by atoms with Crippen molar-refractivity contribution < 1.29 is 13.9 Å². The van der Waals surface area contributed by atoms with E-state index < -0.39 is 5.82 Å². The van der Waals surface area contributed by atoms with E-state index in [1.54, 1.807) is 7.11 Å². The van der Waals surface area contributed by atoms with Crippen molar-refractivity contribution in [1.82, 2.24) is 5.32 Å². The minimum Gasteiger partial charge on any atom is -0.398 e. The number of nitrogens with one attached hydrogen (secondary N) is 1. The van der Waals surface area contributed by atoms with Gasteiger partial charge in [-0.05, 0) is 37.5 Å². The summed E-state index contributed by atoms with van der Waals surface area (Å²) in [6.45, 7) is 0. The van der Waals surface area contributed by atoms with Crippen LogP contribution in [0, 0.1) is 5.82 Å². The average molecular weight is 252 g/mol. The van der Waals surface area contributed by atoms with Crippen LogP contribution in [0.2, 0.25) is 0 Å². The summed E-state index contributed by atoms with van der Waals surface area (Å²) < 4.78 is 18.4. The van der Waals surface area contributed by atoms with Crippen LogP contribution in [0.3, 0.4) is 0 Å². The zero-order chi connectivity index (χ0) is 13.1. The lowest BCUT2D eigenvalue weighted by Gasteiger charge is -2.20. The summed E-state index contributed by atoms with van der Waals surface area (Å²) in [5.74, 6) is -0.815. The molecule has 0 radical (unpaired) electrons. The molecule has 1 aromatic carbocycles. The third-order valence-corrected chi connectivity index (χ3v) is 3.33. The molecule has 2 unspecified atom stereocenters. The summed E-state index contributed by atoms with van der Waals surface area (Å²) >= 11 is 0. The van der Waals surface area contributed by atoms with E-state index >= 15 is 0 Å². The number of hydrogen-bond acceptors (Lipinski definition) is 3. The number of nitrogen functional groups attached to an aromatic ring is 1. The first-order valence-corrected chi connectivity index (χ1v) is 6.00. The summed E-state index contributed by atoms with van der Waals surface area (Å²) in [4.78, 5) is 12.0. The van der Waals surface area contributed by atoms with E-state index in [2.05, 4.69) is 5.32 Å². The van der Waals surface area contributed by atoms with Crippen molar-refractivity contribution in [2.24, 2.45) is 0 Å². The molecule has 1 saturated carbocycles. The maximum atomic E-state index is 13.1. The molecule has 0 aliphatic heterocycles. The van der Waals surface area contributed by atoms with E-state index in [9.17, 15) is 9.18 Å². The molecule has 1 amide bonds. The fraction of sp³-hybridized carbons (Fsp3) is 0.462. The molecule has 0 heterocycles. The number of halogens is 1. The molecule has 2 atom stereocenters. The van der Waals surface area contributed by atoms with E-state index in [0.717, 1.165) is 25.3 Å². The van der Waals surface area contributed by atoms with Crippen LogP contribution in [0.1, 0.15) is 29.6 Å². The molecule has 0 aromatic heterocycles. The largest absolute Gasteiger partial charge is 0.398 e. The van der Waals surface area contributed by atoms with Gasteiger partial charge in [0, 0.05) is 12.8 Å². The van der Waals surface area contributed by atoms with Crippen molar-refractivity contribution >= 4 is 11.6 Å². The average Bonchev–Trinajstić information content (AvgIpc) is 2.79. The number of anilines is 1. The van der Waals surface area contributed by atoms with Gasteiger partial charge in [-0.15, -0.1) is 0 Å². The van der Waals surface area contributed by atoms with Gasteiger partial charge in [0.2, 0.25) is 0 Å². The molecule has 18 heavy (non-hydrogen) atoms. The molecule has 3 N–H and O–H groups in total. The van der Waals surface area contributed by atoms with E-state index in [4.69, 9.17) is 10.5 Å². The van der Waals surface area contributed by atoms with Gasteiger partial charge in [-0.2, -0.15) is 0 Å². The molecule has 2 rings (SSSR count). The van der Waals surface area contributed by atoms with Crippen molar-refractivity contribution in [3.63, 3.8) is 0 Å². The van der Waals surface area contributed by atoms with Gasteiger partial charge in [0.05, 0.1) is 17.7 Å². The Hall–Kier alpha value is -1.62. The van der Waals surface area contributed by atoms with E-state index in [1.165, 1.54) is 12.1 Å². The van der Waals surface area contributed by atoms with Crippen molar-refractivity contribution in [1.29, 1.82) is 0 Å². The number of carbonyl (C=O) groups is 1. The molecule has 1 aliphatic rings. The second kappa shape index (κ2) is 5.35. The maximum absolute atomic E-state index is 13.1.